The molecule has 0 saturated carbocycles. The highest BCUT2D eigenvalue weighted by Crippen LogP contribution is 2.28. The van der Waals surface area contributed by atoms with Crippen LogP contribution < -0.4 is 5.32 Å². The monoisotopic (exact) mass is 560 g/mol. The van der Waals surface area contributed by atoms with E-state index in [1.807, 2.05) is 30.3 Å². The zero-order chi connectivity index (χ0) is 26.6. The van der Waals surface area contributed by atoms with Crippen LogP contribution in [0.15, 0.2) is 72.8 Å². The molecule has 0 spiro atoms. The van der Waals surface area contributed by atoms with Gasteiger partial charge in [-0.25, -0.2) is 4.39 Å². The topological polar surface area (TPSA) is 49.4 Å². The Kier molecular flexibility index (Phi) is 11.8. The molecule has 0 heterocycles. The summed E-state index contributed by atoms with van der Waals surface area (Å²) in [6, 6.07) is 20.5. The Morgan fingerprint density at radius 3 is 2.32 bits per heavy atom. The normalized spacial score (nSPS) is 11.7. The maximum atomic E-state index is 14.1. The molecule has 3 rings (SSSR count). The van der Waals surface area contributed by atoms with Crippen LogP contribution in [0.25, 0.3) is 0 Å². The largest absolute Gasteiger partial charge is 0.354 e. The Morgan fingerprint density at radius 2 is 1.65 bits per heavy atom. The van der Waals surface area contributed by atoms with Crippen molar-refractivity contribution in [3.8, 4) is 0 Å². The Bertz CT molecular complexity index is 1160. The molecule has 1 N–H and O–H groups in total. The van der Waals surface area contributed by atoms with Gasteiger partial charge in [0.1, 0.15) is 11.9 Å². The van der Waals surface area contributed by atoms with Gasteiger partial charge in [0.25, 0.3) is 0 Å². The molecule has 0 aromatic heterocycles. The van der Waals surface area contributed by atoms with Gasteiger partial charge in [0.05, 0.1) is 5.75 Å². The molecule has 0 radical (unpaired) electrons. The van der Waals surface area contributed by atoms with Gasteiger partial charge in [0, 0.05) is 40.9 Å². The van der Waals surface area contributed by atoms with Gasteiger partial charge in [-0.3, -0.25) is 9.59 Å². The number of carbonyl (C=O) groups is 2. The summed E-state index contributed by atoms with van der Waals surface area (Å²) in [5, 5.41) is 3.84. The number of halogens is 3. The van der Waals surface area contributed by atoms with Gasteiger partial charge in [-0.2, -0.15) is 0 Å². The lowest BCUT2D eigenvalue weighted by molar-refractivity contribution is -0.139. The number of amides is 2. The van der Waals surface area contributed by atoms with Crippen LogP contribution in [-0.4, -0.2) is 35.1 Å². The fourth-order valence-corrected chi connectivity index (χ4v) is 5.27. The highest BCUT2D eigenvalue weighted by molar-refractivity contribution is 7.99. The lowest BCUT2D eigenvalue weighted by Crippen LogP contribution is -2.51. The number of thioether (sulfide) groups is 1. The van der Waals surface area contributed by atoms with E-state index in [2.05, 4.69) is 12.2 Å². The average molecular weight is 562 g/mol. The minimum absolute atomic E-state index is 0.0733. The first-order chi connectivity index (χ1) is 17.9. The lowest BCUT2D eigenvalue weighted by Gasteiger charge is -2.32. The fourth-order valence-electron chi connectivity index (χ4n) is 3.86. The third-order valence-electron chi connectivity index (χ3n) is 5.93. The minimum atomic E-state index is -0.770. The Balaban J connectivity index is 1.88. The second-order valence-electron chi connectivity index (χ2n) is 8.66. The maximum Gasteiger partial charge on any atom is 0.243 e. The first-order valence-corrected chi connectivity index (χ1v) is 14.2. The first kappa shape index (κ1) is 29.0. The fraction of sp³-hybridized carbons (Fsp3) is 0.310. The SMILES string of the molecule is CCCCNC(=O)C(Cc1ccccc1)N(Cc1c(Cl)cccc1Cl)C(=O)CSCc1ccccc1F. The minimum Gasteiger partial charge on any atom is -0.354 e. The van der Waals surface area contributed by atoms with Gasteiger partial charge in [-0.05, 0) is 35.7 Å². The highest BCUT2D eigenvalue weighted by atomic mass is 35.5. The zero-order valence-electron chi connectivity index (χ0n) is 20.8. The van der Waals surface area contributed by atoms with Crippen LogP contribution in [0.1, 0.15) is 36.5 Å². The predicted octanol–water partition coefficient (Wildman–Crippen LogP) is 6.92. The molecule has 0 aliphatic heterocycles. The van der Waals surface area contributed by atoms with Crippen molar-refractivity contribution in [2.45, 2.75) is 44.5 Å². The van der Waals surface area contributed by atoms with Gasteiger partial charge in [0.15, 0.2) is 0 Å². The number of carbonyl (C=O) groups excluding carboxylic acids is 2. The number of rotatable bonds is 13. The van der Waals surface area contributed by atoms with E-state index < -0.39 is 6.04 Å². The molecular weight excluding hydrogens is 530 g/mol. The van der Waals surface area contributed by atoms with Crippen LogP contribution in [0.2, 0.25) is 10.0 Å². The van der Waals surface area contributed by atoms with Crippen molar-refractivity contribution in [1.82, 2.24) is 10.2 Å². The van der Waals surface area contributed by atoms with Crippen molar-refractivity contribution in [2.24, 2.45) is 0 Å². The zero-order valence-corrected chi connectivity index (χ0v) is 23.1. The molecular formula is C29H31Cl2FN2O2S. The summed E-state index contributed by atoms with van der Waals surface area (Å²) in [6.07, 6.45) is 2.12. The molecule has 0 fully saturated rings. The summed E-state index contributed by atoms with van der Waals surface area (Å²) < 4.78 is 14.1. The molecule has 4 nitrogen and oxygen atoms in total. The van der Waals surface area contributed by atoms with E-state index in [9.17, 15) is 14.0 Å². The molecule has 196 valence electrons. The summed E-state index contributed by atoms with van der Waals surface area (Å²) in [7, 11) is 0. The second-order valence-corrected chi connectivity index (χ2v) is 10.5. The Labute approximate surface area is 232 Å². The smallest absolute Gasteiger partial charge is 0.243 e. The molecule has 37 heavy (non-hydrogen) atoms. The summed E-state index contributed by atoms with van der Waals surface area (Å²) in [4.78, 5) is 28.6. The average Bonchev–Trinajstić information content (AvgIpc) is 2.89. The number of unbranched alkanes of at least 4 members (excludes halogenated alkanes) is 1. The van der Waals surface area contributed by atoms with Crippen molar-refractivity contribution in [1.29, 1.82) is 0 Å². The van der Waals surface area contributed by atoms with Crippen molar-refractivity contribution >= 4 is 46.8 Å². The molecule has 0 saturated heterocycles. The summed E-state index contributed by atoms with van der Waals surface area (Å²) in [6.45, 7) is 2.66. The molecule has 8 heteroatoms. The number of nitrogens with one attached hydrogen (secondary N) is 1. The number of hydrogen-bond acceptors (Lipinski definition) is 3. The van der Waals surface area contributed by atoms with E-state index in [1.165, 1.54) is 17.8 Å². The summed E-state index contributed by atoms with van der Waals surface area (Å²) >= 11 is 14.2. The third-order valence-corrected chi connectivity index (χ3v) is 7.61. The maximum absolute atomic E-state index is 14.1. The van der Waals surface area contributed by atoms with Gasteiger partial charge < -0.3 is 10.2 Å². The van der Waals surface area contributed by atoms with E-state index >= 15 is 0 Å². The van der Waals surface area contributed by atoms with E-state index in [0.29, 0.717) is 39.9 Å². The van der Waals surface area contributed by atoms with Gasteiger partial charge in [-0.15, -0.1) is 11.8 Å². The standard InChI is InChI=1S/C29H31Cl2FN2O2S/c1-2-3-16-33-29(36)27(17-21-10-5-4-6-11-21)34(18-23-24(30)13-9-14-25(23)31)28(35)20-37-19-22-12-7-8-15-26(22)32/h4-15,27H,2-3,16-20H2,1H3,(H,33,36). The number of hydrogen-bond donors (Lipinski definition) is 1. The van der Waals surface area contributed by atoms with Gasteiger partial charge in [0.2, 0.25) is 11.8 Å². The molecule has 3 aromatic carbocycles. The van der Waals surface area contributed by atoms with E-state index in [4.69, 9.17) is 23.2 Å². The quantitative estimate of drug-likeness (QED) is 0.231. The lowest BCUT2D eigenvalue weighted by atomic mass is 10.0. The third kappa shape index (κ3) is 8.77. The highest BCUT2D eigenvalue weighted by Gasteiger charge is 2.31. The van der Waals surface area contributed by atoms with Crippen LogP contribution in [-0.2, 0) is 28.3 Å². The summed E-state index contributed by atoms with van der Waals surface area (Å²) in [5.41, 5.74) is 2.04. The van der Waals surface area contributed by atoms with E-state index in [0.717, 1.165) is 18.4 Å². The number of benzene rings is 3. The predicted molar refractivity (Wildman–Crippen MR) is 151 cm³/mol. The molecule has 3 aromatic rings. The molecule has 0 bridgehead atoms. The van der Waals surface area contributed by atoms with Crippen molar-refractivity contribution in [3.63, 3.8) is 0 Å². The molecule has 1 unspecified atom stereocenters. The second kappa shape index (κ2) is 15.0. The molecule has 2 amide bonds. The van der Waals surface area contributed by atoms with Crippen LogP contribution in [0, 0.1) is 5.82 Å². The van der Waals surface area contributed by atoms with Crippen molar-refractivity contribution < 1.29 is 14.0 Å². The van der Waals surface area contributed by atoms with Gasteiger partial charge >= 0.3 is 0 Å². The van der Waals surface area contributed by atoms with Crippen LogP contribution in [0.5, 0.6) is 0 Å². The van der Waals surface area contributed by atoms with E-state index in [1.54, 1.807) is 41.3 Å². The number of nitrogens with zero attached hydrogens (tertiary/aromatic N) is 1. The first-order valence-electron chi connectivity index (χ1n) is 12.3. The molecule has 0 aliphatic carbocycles. The van der Waals surface area contributed by atoms with Crippen molar-refractivity contribution in [2.75, 3.05) is 12.3 Å². The van der Waals surface area contributed by atoms with Crippen LogP contribution in [0.4, 0.5) is 4.39 Å². The van der Waals surface area contributed by atoms with Crippen molar-refractivity contribution in [3.05, 3.63) is 105 Å². The van der Waals surface area contributed by atoms with Crippen LogP contribution >= 0.6 is 35.0 Å². The Hall–Kier alpha value is -2.54. The summed E-state index contributed by atoms with van der Waals surface area (Å²) in [5.74, 6) is -0.369. The molecule has 1 atom stereocenters. The van der Waals surface area contributed by atoms with Crippen LogP contribution in [0.3, 0.4) is 0 Å². The van der Waals surface area contributed by atoms with E-state index in [-0.39, 0.29) is 29.9 Å². The molecule has 0 aliphatic rings. The Morgan fingerprint density at radius 1 is 0.973 bits per heavy atom. The van der Waals surface area contributed by atoms with Gasteiger partial charge in [-0.1, -0.05) is 91.1 Å².